The first-order chi connectivity index (χ1) is 16.9. The molecule has 6 heteroatoms. The maximum atomic E-state index is 10.4. The maximum absolute atomic E-state index is 10.4. The molecule has 2 aliphatic rings. The van der Waals surface area contributed by atoms with E-state index < -0.39 is 5.60 Å². The Morgan fingerprint density at radius 3 is 2.57 bits per heavy atom. The summed E-state index contributed by atoms with van der Waals surface area (Å²) in [5.41, 5.74) is 7.34. The molecule has 180 valence electrons. The Morgan fingerprint density at radius 1 is 1.00 bits per heavy atom. The molecule has 6 rings (SSSR count). The average molecular weight is 487 g/mol. The van der Waals surface area contributed by atoms with Crippen LogP contribution >= 0.6 is 11.6 Å². The predicted octanol–water partition coefficient (Wildman–Crippen LogP) is 6.47. The number of hydrogen-bond donors (Lipinski definition) is 2. The molecule has 0 amide bonds. The second-order valence-electron chi connectivity index (χ2n) is 10.6. The lowest BCUT2D eigenvalue weighted by Gasteiger charge is -2.33. The summed E-state index contributed by atoms with van der Waals surface area (Å²) in [4.78, 5) is 7.36. The van der Waals surface area contributed by atoms with Crippen LogP contribution in [0.4, 0.5) is 0 Å². The van der Waals surface area contributed by atoms with Crippen LogP contribution in [0.5, 0.6) is 0 Å². The van der Waals surface area contributed by atoms with Crippen LogP contribution < -0.4 is 0 Å². The third kappa shape index (κ3) is 4.26. The number of nitrogens with one attached hydrogen (secondary N) is 1. The molecule has 1 aliphatic heterocycles. The van der Waals surface area contributed by atoms with Crippen LogP contribution in [0.3, 0.4) is 0 Å². The highest BCUT2D eigenvalue weighted by Gasteiger charge is 2.26. The Balaban J connectivity index is 1.34. The fourth-order valence-corrected chi connectivity index (χ4v) is 6.19. The van der Waals surface area contributed by atoms with E-state index in [0.717, 1.165) is 46.9 Å². The van der Waals surface area contributed by atoms with Crippen LogP contribution in [0.1, 0.15) is 56.2 Å². The van der Waals surface area contributed by atoms with Crippen molar-refractivity contribution in [3.05, 3.63) is 70.4 Å². The summed E-state index contributed by atoms with van der Waals surface area (Å²) in [5.74, 6) is 0. The van der Waals surface area contributed by atoms with Crippen molar-refractivity contribution in [1.29, 1.82) is 0 Å². The Kier molecular flexibility index (Phi) is 5.67. The average Bonchev–Trinajstić information content (AvgIpc) is 3.52. The van der Waals surface area contributed by atoms with Crippen molar-refractivity contribution >= 4 is 22.6 Å². The van der Waals surface area contributed by atoms with E-state index in [4.69, 9.17) is 11.6 Å². The van der Waals surface area contributed by atoms with E-state index in [1.807, 2.05) is 24.4 Å². The van der Waals surface area contributed by atoms with Gasteiger partial charge in [0.05, 0.1) is 5.60 Å². The number of rotatable bonds is 4. The van der Waals surface area contributed by atoms with Gasteiger partial charge >= 0.3 is 0 Å². The number of halogens is 1. The molecule has 0 radical (unpaired) electrons. The van der Waals surface area contributed by atoms with Crippen molar-refractivity contribution in [1.82, 2.24) is 20.1 Å². The van der Waals surface area contributed by atoms with Gasteiger partial charge < -0.3 is 5.11 Å². The molecule has 2 N–H and O–H groups in total. The third-order valence-electron chi connectivity index (χ3n) is 7.74. The third-order valence-corrected chi connectivity index (χ3v) is 8.05. The monoisotopic (exact) mass is 486 g/mol. The Labute approximate surface area is 211 Å². The van der Waals surface area contributed by atoms with Crippen LogP contribution in [0.15, 0.2) is 48.7 Å². The summed E-state index contributed by atoms with van der Waals surface area (Å²) in [5, 5.41) is 19.5. The van der Waals surface area contributed by atoms with Gasteiger partial charge in [0, 0.05) is 52.4 Å². The van der Waals surface area contributed by atoms with Gasteiger partial charge in [-0.2, -0.15) is 5.10 Å². The highest BCUT2D eigenvalue weighted by Crippen LogP contribution is 2.35. The smallest absolute Gasteiger partial charge is 0.155 e. The summed E-state index contributed by atoms with van der Waals surface area (Å²) in [6.07, 6.45) is 8.50. The summed E-state index contributed by atoms with van der Waals surface area (Å²) < 4.78 is 0. The van der Waals surface area contributed by atoms with E-state index in [2.05, 4.69) is 44.3 Å². The van der Waals surface area contributed by atoms with Crippen molar-refractivity contribution < 1.29 is 5.11 Å². The topological polar surface area (TPSA) is 65.0 Å². The predicted molar refractivity (Wildman–Crippen MR) is 141 cm³/mol. The van der Waals surface area contributed by atoms with Crippen molar-refractivity contribution in [3.63, 3.8) is 0 Å². The van der Waals surface area contributed by atoms with Gasteiger partial charge in [0.2, 0.25) is 0 Å². The van der Waals surface area contributed by atoms with Crippen LogP contribution in [0.25, 0.3) is 33.4 Å². The minimum absolute atomic E-state index is 0.525. The first-order valence-corrected chi connectivity index (χ1v) is 13.0. The van der Waals surface area contributed by atoms with Gasteiger partial charge in [0.1, 0.15) is 5.69 Å². The molecular weight excluding hydrogens is 456 g/mol. The van der Waals surface area contributed by atoms with E-state index in [1.165, 1.54) is 48.9 Å². The molecular formula is C29H31ClN4O. The van der Waals surface area contributed by atoms with E-state index in [-0.39, 0.29) is 0 Å². The van der Waals surface area contributed by atoms with Gasteiger partial charge in [0.15, 0.2) is 5.65 Å². The van der Waals surface area contributed by atoms with Crippen molar-refractivity contribution in [2.75, 3.05) is 6.54 Å². The standard InChI is InChI=1S/C29H31ClN4O/c1-29(2,35)25-10-9-20(15-26(25)30)27-24-14-21(16-31-28(24)33-32-27)19-8-7-18-11-12-34(17-22(18)13-19)23-5-3-4-6-23/h7-10,13-16,23,35H,3-6,11-12,17H2,1-2H3,(H,31,32,33). The molecule has 0 spiro atoms. The lowest BCUT2D eigenvalue weighted by atomic mass is 9.93. The maximum Gasteiger partial charge on any atom is 0.155 e. The fourth-order valence-electron chi connectivity index (χ4n) is 5.78. The number of hydrogen-bond acceptors (Lipinski definition) is 4. The number of H-pyrrole nitrogens is 1. The quantitative estimate of drug-likeness (QED) is 0.347. The number of pyridine rings is 1. The minimum Gasteiger partial charge on any atom is -0.386 e. The highest BCUT2D eigenvalue weighted by atomic mass is 35.5. The van der Waals surface area contributed by atoms with Crippen LogP contribution in [-0.2, 0) is 18.6 Å². The molecule has 2 aromatic heterocycles. The molecule has 4 aromatic rings. The zero-order valence-electron chi connectivity index (χ0n) is 20.3. The van der Waals surface area contributed by atoms with Crippen molar-refractivity contribution in [2.24, 2.45) is 0 Å². The lowest BCUT2D eigenvalue weighted by molar-refractivity contribution is 0.0787. The number of benzene rings is 2. The number of fused-ring (bicyclic) bond motifs is 2. The summed E-state index contributed by atoms with van der Waals surface area (Å²) >= 11 is 6.52. The zero-order valence-corrected chi connectivity index (χ0v) is 21.1. The molecule has 1 aliphatic carbocycles. The number of aromatic nitrogens is 3. The molecule has 1 saturated carbocycles. The van der Waals surface area contributed by atoms with E-state index in [1.54, 1.807) is 13.8 Å². The molecule has 0 unspecified atom stereocenters. The minimum atomic E-state index is -1.00. The number of nitrogens with zero attached hydrogens (tertiary/aromatic N) is 3. The van der Waals surface area contributed by atoms with Crippen molar-refractivity contribution in [2.45, 2.75) is 64.1 Å². The Morgan fingerprint density at radius 2 is 1.80 bits per heavy atom. The summed E-state index contributed by atoms with van der Waals surface area (Å²) in [6, 6.07) is 15.5. The molecule has 0 bridgehead atoms. The van der Waals surface area contributed by atoms with Crippen molar-refractivity contribution in [3.8, 4) is 22.4 Å². The van der Waals surface area contributed by atoms with E-state index in [9.17, 15) is 5.11 Å². The van der Waals surface area contributed by atoms with Gasteiger partial charge in [0.25, 0.3) is 0 Å². The first-order valence-electron chi connectivity index (χ1n) is 12.6. The van der Waals surface area contributed by atoms with Gasteiger partial charge in [-0.25, -0.2) is 4.98 Å². The van der Waals surface area contributed by atoms with Gasteiger partial charge in [-0.05, 0) is 68.0 Å². The molecule has 35 heavy (non-hydrogen) atoms. The fraction of sp³-hybridized carbons (Fsp3) is 0.379. The Bertz CT molecular complexity index is 1400. The molecule has 3 heterocycles. The van der Waals surface area contributed by atoms with Gasteiger partial charge in [-0.3, -0.25) is 10.00 Å². The van der Waals surface area contributed by atoms with Crippen LogP contribution in [-0.4, -0.2) is 37.8 Å². The Hall–Kier alpha value is -2.73. The van der Waals surface area contributed by atoms with Crippen LogP contribution in [0, 0.1) is 0 Å². The SMILES string of the molecule is CC(C)(O)c1ccc(-c2n[nH]c3ncc(-c4ccc5c(c4)CN(C4CCCC4)CC5)cc23)cc1Cl. The molecule has 0 saturated heterocycles. The first kappa shape index (κ1) is 22.7. The lowest BCUT2D eigenvalue weighted by Crippen LogP contribution is -2.37. The van der Waals surface area contributed by atoms with Gasteiger partial charge in [-0.15, -0.1) is 0 Å². The molecule has 2 aromatic carbocycles. The molecule has 5 nitrogen and oxygen atoms in total. The summed E-state index contributed by atoms with van der Waals surface area (Å²) in [6.45, 7) is 5.70. The zero-order chi connectivity index (χ0) is 24.2. The normalized spacial score (nSPS) is 17.3. The second kappa shape index (κ2) is 8.74. The van der Waals surface area contributed by atoms with E-state index >= 15 is 0 Å². The highest BCUT2D eigenvalue weighted by molar-refractivity contribution is 6.31. The number of aliphatic hydroxyl groups is 1. The summed E-state index contributed by atoms with van der Waals surface area (Å²) in [7, 11) is 0. The van der Waals surface area contributed by atoms with Crippen LogP contribution in [0.2, 0.25) is 5.02 Å². The molecule has 0 atom stereocenters. The van der Waals surface area contributed by atoms with E-state index in [0.29, 0.717) is 10.6 Å². The largest absolute Gasteiger partial charge is 0.386 e. The molecule has 1 fully saturated rings. The number of aromatic amines is 1. The second-order valence-corrected chi connectivity index (χ2v) is 11.0. The van der Waals surface area contributed by atoms with Gasteiger partial charge in [-0.1, -0.05) is 48.7 Å².